The van der Waals surface area contributed by atoms with E-state index in [0.29, 0.717) is 19.5 Å². The van der Waals surface area contributed by atoms with Crippen LogP contribution in [0.1, 0.15) is 31.9 Å². The summed E-state index contributed by atoms with van der Waals surface area (Å²) >= 11 is 0. The van der Waals surface area contributed by atoms with Gasteiger partial charge in [-0.3, -0.25) is 4.79 Å². The maximum Gasteiger partial charge on any atom is 0.227 e. The van der Waals surface area contributed by atoms with Gasteiger partial charge in [0.25, 0.3) is 0 Å². The Hall–Kier alpha value is -2.14. The number of amides is 1. The minimum absolute atomic E-state index is 0.105. The molecule has 2 atom stereocenters. The highest BCUT2D eigenvalue weighted by Crippen LogP contribution is 2.26. The number of rotatable bonds is 8. The summed E-state index contributed by atoms with van der Waals surface area (Å²) in [5, 5.41) is -0.812. The van der Waals surface area contributed by atoms with Gasteiger partial charge in [-0.2, -0.15) is 0 Å². The van der Waals surface area contributed by atoms with E-state index in [1.807, 2.05) is 51.1 Å². The lowest BCUT2D eigenvalue weighted by Gasteiger charge is -2.29. The second-order valence-corrected chi connectivity index (χ2v) is 9.17. The molecule has 2 aromatic rings. The van der Waals surface area contributed by atoms with Crippen molar-refractivity contribution in [3.05, 3.63) is 65.7 Å². The van der Waals surface area contributed by atoms with Crippen LogP contribution in [0.3, 0.4) is 0 Å². The molecule has 0 aliphatic heterocycles. The van der Waals surface area contributed by atoms with Gasteiger partial charge in [0.05, 0.1) is 16.1 Å². The van der Waals surface area contributed by atoms with Gasteiger partial charge >= 0.3 is 0 Å². The molecule has 0 heterocycles. The van der Waals surface area contributed by atoms with E-state index in [2.05, 4.69) is 0 Å². The first-order chi connectivity index (χ1) is 12.8. The molecule has 0 spiro atoms. The van der Waals surface area contributed by atoms with Crippen LogP contribution in [0.25, 0.3) is 0 Å². The van der Waals surface area contributed by atoms with Gasteiger partial charge in [0.2, 0.25) is 5.91 Å². The van der Waals surface area contributed by atoms with Crippen molar-refractivity contribution in [2.24, 2.45) is 5.92 Å². The summed E-state index contributed by atoms with van der Waals surface area (Å²) in [4.78, 5) is 15.1. The Balaban J connectivity index is 2.41. The zero-order valence-corrected chi connectivity index (χ0v) is 17.4. The first-order valence-corrected chi connectivity index (χ1v) is 11.0. The van der Waals surface area contributed by atoms with Crippen LogP contribution in [-0.4, -0.2) is 37.6 Å². The largest absolute Gasteiger partial charge is 0.343 e. The zero-order valence-electron chi connectivity index (χ0n) is 16.6. The minimum Gasteiger partial charge on any atom is -0.343 e. The fraction of sp³-hybridized carbons (Fsp3) is 0.409. The summed E-state index contributed by atoms with van der Waals surface area (Å²) in [6.45, 7) is 8.54. The number of benzene rings is 2. The van der Waals surface area contributed by atoms with E-state index in [1.165, 1.54) is 0 Å². The molecule has 0 saturated carbocycles. The average Bonchev–Trinajstić information content (AvgIpc) is 2.67. The Morgan fingerprint density at radius 1 is 0.963 bits per heavy atom. The lowest BCUT2D eigenvalue weighted by atomic mass is 9.95. The normalized spacial score (nSPS) is 13.8. The number of carbonyl (C=O) groups is 1. The van der Waals surface area contributed by atoms with Crippen LogP contribution in [0.5, 0.6) is 0 Å². The van der Waals surface area contributed by atoms with E-state index in [9.17, 15) is 13.2 Å². The van der Waals surface area contributed by atoms with Gasteiger partial charge in [0, 0.05) is 13.1 Å². The van der Waals surface area contributed by atoms with Crippen LogP contribution in [0, 0.1) is 12.8 Å². The molecular weight excluding hydrogens is 358 g/mol. The molecule has 0 aliphatic rings. The predicted octanol–water partition coefficient (Wildman–Crippen LogP) is 3.88. The van der Waals surface area contributed by atoms with Gasteiger partial charge in [-0.15, -0.1) is 0 Å². The number of hydrogen-bond acceptors (Lipinski definition) is 3. The van der Waals surface area contributed by atoms with Crippen molar-refractivity contribution < 1.29 is 13.2 Å². The van der Waals surface area contributed by atoms with Crippen LogP contribution in [0.4, 0.5) is 0 Å². The second-order valence-electron chi connectivity index (χ2n) is 6.87. The molecule has 146 valence electrons. The Labute approximate surface area is 163 Å². The van der Waals surface area contributed by atoms with Crippen molar-refractivity contribution in [2.75, 3.05) is 13.1 Å². The number of aryl methyl sites for hydroxylation is 1. The van der Waals surface area contributed by atoms with Gasteiger partial charge in [0.15, 0.2) is 9.84 Å². The number of sulfone groups is 1. The molecular formula is C22H29NO3S. The van der Waals surface area contributed by atoms with Crippen molar-refractivity contribution in [1.82, 2.24) is 4.90 Å². The zero-order chi connectivity index (χ0) is 20.0. The SMILES string of the molecule is CCN(CC)C(=O)C(Cc1ccccc1)C(C)S(=O)(=O)c1ccc(C)cc1. The smallest absolute Gasteiger partial charge is 0.227 e. The van der Waals surface area contributed by atoms with Gasteiger partial charge in [-0.05, 0) is 51.8 Å². The van der Waals surface area contributed by atoms with Crippen molar-refractivity contribution in [3.63, 3.8) is 0 Å². The standard InChI is InChI=1S/C22H29NO3S/c1-5-23(6-2)22(24)21(16-19-10-8-7-9-11-19)18(4)27(25,26)20-14-12-17(3)13-15-20/h7-15,18,21H,5-6,16H2,1-4H3. The van der Waals surface area contributed by atoms with E-state index >= 15 is 0 Å². The number of nitrogens with zero attached hydrogens (tertiary/aromatic N) is 1. The van der Waals surface area contributed by atoms with E-state index in [-0.39, 0.29) is 10.8 Å². The van der Waals surface area contributed by atoms with E-state index < -0.39 is 21.0 Å². The number of hydrogen-bond donors (Lipinski definition) is 0. The molecule has 2 rings (SSSR count). The van der Waals surface area contributed by atoms with E-state index in [0.717, 1.165) is 11.1 Å². The van der Waals surface area contributed by atoms with Crippen LogP contribution in [0.15, 0.2) is 59.5 Å². The minimum atomic E-state index is -3.62. The van der Waals surface area contributed by atoms with Crippen molar-refractivity contribution in [1.29, 1.82) is 0 Å². The van der Waals surface area contributed by atoms with Crippen molar-refractivity contribution in [2.45, 2.75) is 44.3 Å². The van der Waals surface area contributed by atoms with Crippen molar-refractivity contribution >= 4 is 15.7 Å². The van der Waals surface area contributed by atoms with Crippen molar-refractivity contribution in [3.8, 4) is 0 Å². The molecule has 0 saturated heterocycles. The summed E-state index contributed by atoms with van der Waals surface area (Å²) in [5.41, 5.74) is 1.97. The monoisotopic (exact) mass is 387 g/mol. The van der Waals surface area contributed by atoms with Gasteiger partial charge in [0.1, 0.15) is 0 Å². The maximum atomic E-state index is 13.2. The van der Waals surface area contributed by atoms with Crippen LogP contribution in [0.2, 0.25) is 0 Å². The summed E-state index contributed by atoms with van der Waals surface area (Å²) < 4.78 is 26.4. The molecule has 2 aromatic carbocycles. The first kappa shape index (κ1) is 21.2. The van der Waals surface area contributed by atoms with Gasteiger partial charge in [-0.25, -0.2) is 8.42 Å². The lowest BCUT2D eigenvalue weighted by Crippen LogP contribution is -2.43. The average molecular weight is 388 g/mol. The molecule has 4 nitrogen and oxygen atoms in total. The maximum absolute atomic E-state index is 13.2. The van der Waals surface area contributed by atoms with Crippen LogP contribution in [-0.2, 0) is 21.1 Å². The topological polar surface area (TPSA) is 54.5 Å². The Morgan fingerprint density at radius 3 is 2.04 bits per heavy atom. The summed E-state index contributed by atoms with van der Waals surface area (Å²) in [7, 11) is -3.62. The molecule has 5 heteroatoms. The third-order valence-corrected chi connectivity index (χ3v) is 7.33. The highest BCUT2D eigenvalue weighted by molar-refractivity contribution is 7.92. The fourth-order valence-electron chi connectivity index (χ4n) is 3.25. The summed E-state index contributed by atoms with van der Waals surface area (Å²) in [6.07, 6.45) is 0.405. The molecule has 2 unspecified atom stereocenters. The molecule has 0 bridgehead atoms. The Kier molecular flexibility index (Phi) is 7.19. The van der Waals surface area contributed by atoms with E-state index in [1.54, 1.807) is 36.1 Å². The third-order valence-electron chi connectivity index (χ3n) is 5.10. The molecule has 0 N–H and O–H groups in total. The molecule has 0 aliphatic carbocycles. The molecule has 0 fully saturated rings. The van der Waals surface area contributed by atoms with Crippen LogP contribution < -0.4 is 0 Å². The molecule has 27 heavy (non-hydrogen) atoms. The highest BCUT2D eigenvalue weighted by atomic mass is 32.2. The molecule has 0 radical (unpaired) electrons. The van der Waals surface area contributed by atoms with Gasteiger partial charge in [-0.1, -0.05) is 48.0 Å². The fourth-order valence-corrected chi connectivity index (χ4v) is 4.84. The Bertz CT molecular complexity index is 841. The summed E-state index contributed by atoms with van der Waals surface area (Å²) in [6, 6.07) is 16.4. The molecule has 0 aromatic heterocycles. The number of carbonyl (C=O) groups excluding carboxylic acids is 1. The lowest BCUT2D eigenvalue weighted by molar-refractivity contribution is -0.135. The van der Waals surface area contributed by atoms with E-state index in [4.69, 9.17) is 0 Å². The highest BCUT2D eigenvalue weighted by Gasteiger charge is 2.37. The first-order valence-electron chi connectivity index (χ1n) is 9.44. The molecule has 1 amide bonds. The predicted molar refractivity (Wildman–Crippen MR) is 109 cm³/mol. The second kappa shape index (κ2) is 9.18. The van der Waals surface area contributed by atoms with Gasteiger partial charge < -0.3 is 4.90 Å². The quantitative estimate of drug-likeness (QED) is 0.691. The summed E-state index contributed by atoms with van der Waals surface area (Å²) in [5.74, 6) is -0.731. The van der Waals surface area contributed by atoms with Crippen LogP contribution >= 0.6 is 0 Å². The third kappa shape index (κ3) is 4.98. The Morgan fingerprint density at radius 2 is 1.52 bits per heavy atom.